The molecule has 2 aromatic rings. The van der Waals surface area contributed by atoms with Gasteiger partial charge in [-0.2, -0.15) is 0 Å². The lowest BCUT2D eigenvalue weighted by Crippen LogP contribution is -2.36. The Morgan fingerprint density at radius 3 is 2.31 bits per heavy atom. The van der Waals surface area contributed by atoms with Gasteiger partial charge in [0.2, 0.25) is 0 Å². The summed E-state index contributed by atoms with van der Waals surface area (Å²) in [5.74, 6) is 1.63. The van der Waals surface area contributed by atoms with Crippen LogP contribution in [0.2, 0.25) is 0 Å². The van der Waals surface area contributed by atoms with Gasteiger partial charge in [0.15, 0.2) is 5.96 Å². The molecule has 6 heteroatoms. The van der Waals surface area contributed by atoms with E-state index < -0.39 is 0 Å². The van der Waals surface area contributed by atoms with Crippen molar-refractivity contribution >= 4 is 5.96 Å². The van der Waals surface area contributed by atoms with Crippen LogP contribution >= 0.6 is 0 Å². The van der Waals surface area contributed by atoms with Crippen molar-refractivity contribution in [1.29, 1.82) is 0 Å². The van der Waals surface area contributed by atoms with Gasteiger partial charge in [0, 0.05) is 39.4 Å². The lowest BCUT2D eigenvalue weighted by atomic mass is 10.1. The Kier molecular flexibility index (Phi) is 9.47. The molecule has 29 heavy (non-hydrogen) atoms. The molecule has 0 saturated heterocycles. The average Bonchev–Trinajstić information content (AvgIpc) is 2.70. The Hall–Kier alpha value is -2.57. The molecule has 2 N–H and O–H groups in total. The Morgan fingerprint density at radius 2 is 1.66 bits per heavy atom. The summed E-state index contributed by atoms with van der Waals surface area (Å²) in [5, 5.41) is 6.73. The first kappa shape index (κ1) is 22.7. The number of aryl methyl sites for hydroxylation is 1. The molecule has 158 valence electrons. The molecule has 0 amide bonds. The van der Waals surface area contributed by atoms with Gasteiger partial charge in [-0.1, -0.05) is 36.4 Å². The Morgan fingerprint density at radius 1 is 0.966 bits per heavy atom. The van der Waals surface area contributed by atoms with Crippen LogP contribution in [0.4, 0.5) is 0 Å². The van der Waals surface area contributed by atoms with Gasteiger partial charge < -0.3 is 25.0 Å². The van der Waals surface area contributed by atoms with Crippen molar-refractivity contribution in [3.8, 4) is 5.75 Å². The molecule has 0 spiro atoms. The zero-order valence-electron chi connectivity index (χ0n) is 18.3. The first-order chi connectivity index (χ1) is 14.0. The zero-order valence-corrected chi connectivity index (χ0v) is 18.3. The Labute approximate surface area is 174 Å². The summed E-state index contributed by atoms with van der Waals surface area (Å²) >= 11 is 0. The van der Waals surface area contributed by atoms with E-state index in [2.05, 4.69) is 84.0 Å². The molecule has 0 fully saturated rings. The minimum absolute atomic E-state index is 0.531. The summed E-state index contributed by atoms with van der Waals surface area (Å²) in [6.45, 7) is 5.45. The van der Waals surface area contributed by atoms with Crippen molar-refractivity contribution in [3.05, 3.63) is 64.7 Å². The third-order valence-electron chi connectivity index (χ3n) is 4.42. The monoisotopic (exact) mass is 398 g/mol. The molecule has 0 bridgehead atoms. The number of methoxy groups -OCH3 is 1. The number of aliphatic imine (C=N–C) groups is 1. The minimum Gasteiger partial charge on any atom is -0.491 e. The zero-order chi connectivity index (χ0) is 21.1. The van der Waals surface area contributed by atoms with Crippen molar-refractivity contribution < 1.29 is 9.47 Å². The predicted octanol–water partition coefficient (Wildman–Crippen LogP) is 2.95. The summed E-state index contributed by atoms with van der Waals surface area (Å²) in [4.78, 5) is 6.49. The van der Waals surface area contributed by atoms with Crippen LogP contribution in [0, 0.1) is 6.92 Å². The van der Waals surface area contributed by atoms with Gasteiger partial charge in [-0.3, -0.25) is 4.99 Å². The number of nitrogens with zero attached hydrogens (tertiary/aromatic N) is 2. The summed E-state index contributed by atoms with van der Waals surface area (Å²) in [5.41, 5.74) is 4.78. The molecule has 0 aromatic heterocycles. The van der Waals surface area contributed by atoms with Crippen LogP contribution in [0.15, 0.2) is 47.5 Å². The van der Waals surface area contributed by atoms with E-state index in [1.165, 1.54) is 16.7 Å². The van der Waals surface area contributed by atoms with Gasteiger partial charge in [-0.05, 0) is 43.8 Å². The summed E-state index contributed by atoms with van der Waals surface area (Å²) in [7, 11) is 7.61. The van der Waals surface area contributed by atoms with E-state index in [1.807, 2.05) is 0 Å². The molecule has 6 nitrogen and oxygen atoms in total. The maximum absolute atomic E-state index is 5.86. The Bertz CT molecular complexity index is 773. The van der Waals surface area contributed by atoms with Gasteiger partial charge in [-0.15, -0.1) is 0 Å². The second-order valence-electron chi connectivity index (χ2n) is 7.29. The Balaban J connectivity index is 1.89. The second kappa shape index (κ2) is 12.1. The lowest BCUT2D eigenvalue weighted by Gasteiger charge is -2.16. The summed E-state index contributed by atoms with van der Waals surface area (Å²) in [6, 6.07) is 14.9. The number of hydrogen-bond donors (Lipinski definition) is 2. The van der Waals surface area contributed by atoms with Crippen LogP contribution in [0.5, 0.6) is 5.75 Å². The van der Waals surface area contributed by atoms with Crippen molar-refractivity contribution in [2.24, 2.45) is 4.99 Å². The van der Waals surface area contributed by atoms with Crippen molar-refractivity contribution in [2.75, 3.05) is 41.5 Å². The van der Waals surface area contributed by atoms with Gasteiger partial charge in [0.05, 0.1) is 6.61 Å². The molecule has 2 rings (SSSR count). The second-order valence-corrected chi connectivity index (χ2v) is 7.29. The van der Waals surface area contributed by atoms with E-state index in [0.29, 0.717) is 26.3 Å². The fraction of sp³-hybridized carbons (Fsp3) is 0.435. The number of rotatable bonds is 10. The van der Waals surface area contributed by atoms with Crippen LogP contribution in [-0.4, -0.2) is 52.3 Å². The lowest BCUT2D eigenvalue weighted by molar-refractivity contribution is 0.145. The van der Waals surface area contributed by atoms with E-state index in [0.717, 1.165) is 23.8 Å². The first-order valence-corrected chi connectivity index (χ1v) is 9.90. The van der Waals surface area contributed by atoms with E-state index in [4.69, 9.17) is 9.47 Å². The van der Waals surface area contributed by atoms with Gasteiger partial charge in [0.25, 0.3) is 0 Å². The standard InChI is InChI=1S/C23H34N4O2/c1-18-6-11-21(22(14-18)29-13-12-28-5)16-26-23(24-2)25-15-19-7-9-20(10-8-19)17-27(3)4/h6-11,14H,12-13,15-17H2,1-5H3,(H2,24,25,26). The van der Waals surface area contributed by atoms with Crippen LogP contribution < -0.4 is 15.4 Å². The predicted molar refractivity (Wildman–Crippen MR) is 119 cm³/mol. The highest BCUT2D eigenvalue weighted by molar-refractivity contribution is 5.79. The highest BCUT2D eigenvalue weighted by Gasteiger charge is 2.06. The number of guanidine groups is 1. The van der Waals surface area contributed by atoms with Crippen LogP contribution in [0.1, 0.15) is 22.3 Å². The smallest absolute Gasteiger partial charge is 0.191 e. The van der Waals surface area contributed by atoms with Crippen LogP contribution in [-0.2, 0) is 24.4 Å². The number of ether oxygens (including phenoxy) is 2. The third-order valence-corrected chi connectivity index (χ3v) is 4.42. The first-order valence-electron chi connectivity index (χ1n) is 9.90. The van der Waals surface area contributed by atoms with Crippen LogP contribution in [0.25, 0.3) is 0 Å². The number of hydrogen-bond acceptors (Lipinski definition) is 4. The van der Waals surface area contributed by atoms with Crippen LogP contribution in [0.3, 0.4) is 0 Å². The summed E-state index contributed by atoms with van der Waals surface area (Å²) in [6.07, 6.45) is 0. The van der Waals surface area contributed by atoms with Crippen molar-refractivity contribution in [3.63, 3.8) is 0 Å². The van der Waals surface area contributed by atoms with E-state index in [1.54, 1.807) is 14.2 Å². The fourth-order valence-electron chi connectivity index (χ4n) is 2.89. The molecule has 2 aromatic carbocycles. The molecular formula is C23H34N4O2. The molecule has 0 radical (unpaired) electrons. The van der Waals surface area contributed by atoms with Gasteiger partial charge in [-0.25, -0.2) is 0 Å². The maximum atomic E-state index is 5.86. The minimum atomic E-state index is 0.531. The number of nitrogens with one attached hydrogen (secondary N) is 2. The summed E-state index contributed by atoms with van der Waals surface area (Å²) < 4.78 is 10.9. The molecule has 0 unspecified atom stereocenters. The van der Waals surface area contributed by atoms with Gasteiger partial charge >= 0.3 is 0 Å². The highest BCUT2D eigenvalue weighted by atomic mass is 16.5. The average molecular weight is 399 g/mol. The maximum Gasteiger partial charge on any atom is 0.191 e. The molecule has 0 aliphatic carbocycles. The third kappa shape index (κ3) is 8.13. The SMILES string of the molecule is CN=C(NCc1ccc(CN(C)C)cc1)NCc1ccc(C)cc1OCCOC. The van der Waals surface area contributed by atoms with E-state index >= 15 is 0 Å². The topological polar surface area (TPSA) is 58.1 Å². The molecule has 0 aliphatic heterocycles. The fourth-order valence-corrected chi connectivity index (χ4v) is 2.89. The molecule has 0 aliphatic rings. The molecular weight excluding hydrogens is 364 g/mol. The molecule has 0 heterocycles. The highest BCUT2D eigenvalue weighted by Crippen LogP contribution is 2.20. The van der Waals surface area contributed by atoms with E-state index in [-0.39, 0.29) is 0 Å². The normalized spacial score (nSPS) is 11.6. The largest absolute Gasteiger partial charge is 0.491 e. The number of benzene rings is 2. The molecule has 0 atom stereocenters. The quantitative estimate of drug-likeness (QED) is 0.366. The van der Waals surface area contributed by atoms with Crippen molar-refractivity contribution in [2.45, 2.75) is 26.6 Å². The molecule has 0 saturated carbocycles. The van der Waals surface area contributed by atoms with Crippen molar-refractivity contribution in [1.82, 2.24) is 15.5 Å². The van der Waals surface area contributed by atoms with Gasteiger partial charge in [0.1, 0.15) is 12.4 Å². The van der Waals surface area contributed by atoms with E-state index in [9.17, 15) is 0 Å².